The lowest BCUT2D eigenvalue weighted by Gasteiger charge is -2.24. The van der Waals surface area contributed by atoms with Gasteiger partial charge in [0.05, 0.1) is 6.61 Å². The number of ether oxygens (including phenoxy) is 2. The van der Waals surface area contributed by atoms with Gasteiger partial charge in [0.25, 0.3) is 0 Å². The highest BCUT2D eigenvalue weighted by Crippen LogP contribution is 2.28. The molecule has 0 radical (unpaired) electrons. The van der Waals surface area contributed by atoms with Crippen molar-refractivity contribution in [3.63, 3.8) is 0 Å². The number of hydrogen-bond donors (Lipinski definition) is 1. The first-order valence-electron chi connectivity index (χ1n) is 9.74. The second kappa shape index (κ2) is 11.0. The number of aliphatic imine (C=N–C) groups is 1. The molecular weight excluding hydrogens is 328 g/mol. The molecule has 26 heavy (non-hydrogen) atoms. The summed E-state index contributed by atoms with van der Waals surface area (Å²) in [6.07, 6.45) is 5.53. The van der Waals surface area contributed by atoms with E-state index in [1.165, 1.54) is 19.3 Å². The molecule has 1 aromatic rings. The summed E-state index contributed by atoms with van der Waals surface area (Å²) in [4.78, 5) is 11.2. The van der Waals surface area contributed by atoms with E-state index in [0.29, 0.717) is 25.6 Å². The number of pyridine rings is 1. The van der Waals surface area contributed by atoms with Gasteiger partial charge in [-0.1, -0.05) is 32.8 Å². The lowest BCUT2D eigenvalue weighted by molar-refractivity contribution is 0.143. The first-order valence-corrected chi connectivity index (χ1v) is 9.74. The van der Waals surface area contributed by atoms with Gasteiger partial charge in [-0.05, 0) is 24.3 Å². The Morgan fingerprint density at radius 2 is 2.19 bits per heavy atom. The molecule has 0 amide bonds. The number of methoxy groups -OCH3 is 1. The van der Waals surface area contributed by atoms with Crippen molar-refractivity contribution in [3.05, 3.63) is 23.9 Å². The van der Waals surface area contributed by atoms with Crippen LogP contribution in [0.25, 0.3) is 0 Å². The summed E-state index contributed by atoms with van der Waals surface area (Å²) < 4.78 is 10.8. The van der Waals surface area contributed by atoms with Crippen molar-refractivity contribution >= 4 is 5.96 Å². The van der Waals surface area contributed by atoms with E-state index in [2.05, 4.69) is 34.0 Å². The molecule has 1 fully saturated rings. The summed E-state index contributed by atoms with van der Waals surface area (Å²) in [6, 6.07) is 3.97. The third-order valence-corrected chi connectivity index (χ3v) is 5.26. The number of likely N-dealkylation sites (tertiary alicyclic amines) is 1. The molecule has 1 aliphatic heterocycles. The fourth-order valence-electron chi connectivity index (χ4n) is 3.74. The van der Waals surface area contributed by atoms with Crippen LogP contribution in [0.4, 0.5) is 0 Å². The SMILES string of the molecule is CCC(CC)C1CCN(C(=NC)NCc2cccnc2OCCOC)C1. The minimum Gasteiger partial charge on any atom is -0.475 e. The van der Waals surface area contributed by atoms with E-state index >= 15 is 0 Å². The second-order valence-electron chi connectivity index (χ2n) is 6.78. The average Bonchev–Trinajstić information content (AvgIpc) is 3.14. The van der Waals surface area contributed by atoms with Gasteiger partial charge in [0, 0.05) is 45.6 Å². The smallest absolute Gasteiger partial charge is 0.218 e. The summed E-state index contributed by atoms with van der Waals surface area (Å²) >= 11 is 0. The standard InChI is InChI=1S/C20H34N4O2/c1-5-16(6-2)18-9-11-24(15-18)20(21-3)23-14-17-8-7-10-22-19(17)26-13-12-25-4/h7-8,10,16,18H,5-6,9,11-15H2,1-4H3,(H,21,23). The molecule has 1 unspecified atom stereocenters. The maximum atomic E-state index is 5.72. The van der Waals surface area contributed by atoms with Crippen LogP contribution in [0.15, 0.2) is 23.3 Å². The second-order valence-corrected chi connectivity index (χ2v) is 6.78. The van der Waals surface area contributed by atoms with Crippen LogP contribution in [0.3, 0.4) is 0 Å². The van der Waals surface area contributed by atoms with Gasteiger partial charge in [0.1, 0.15) is 6.61 Å². The summed E-state index contributed by atoms with van der Waals surface area (Å²) in [5.74, 6) is 3.21. The Morgan fingerprint density at radius 3 is 2.88 bits per heavy atom. The molecule has 146 valence electrons. The van der Waals surface area contributed by atoms with E-state index in [9.17, 15) is 0 Å². The quantitative estimate of drug-likeness (QED) is 0.416. The lowest BCUT2D eigenvalue weighted by Crippen LogP contribution is -2.40. The molecular formula is C20H34N4O2. The van der Waals surface area contributed by atoms with Crippen LogP contribution in [0.1, 0.15) is 38.7 Å². The summed E-state index contributed by atoms with van der Waals surface area (Å²) in [5, 5.41) is 3.48. The van der Waals surface area contributed by atoms with E-state index in [4.69, 9.17) is 9.47 Å². The van der Waals surface area contributed by atoms with E-state index in [-0.39, 0.29) is 0 Å². The van der Waals surface area contributed by atoms with Gasteiger partial charge in [0.2, 0.25) is 5.88 Å². The van der Waals surface area contributed by atoms with Crippen LogP contribution in [-0.4, -0.2) is 56.3 Å². The zero-order valence-electron chi connectivity index (χ0n) is 16.7. The number of nitrogens with one attached hydrogen (secondary N) is 1. The largest absolute Gasteiger partial charge is 0.475 e. The first kappa shape index (κ1) is 20.5. The molecule has 0 aromatic carbocycles. The zero-order valence-corrected chi connectivity index (χ0v) is 16.7. The van der Waals surface area contributed by atoms with Crippen molar-refractivity contribution in [3.8, 4) is 5.88 Å². The van der Waals surface area contributed by atoms with Crippen molar-refractivity contribution in [1.29, 1.82) is 0 Å². The number of nitrogens with zero attached hydrogens (tertiary/aromatic N) is 3. The van der Waals surface area contributed by atoms with Crippen LogP contribution >= 0.6 is 0 Å². The highest BCUT2D eigenvalue weighted by Gasteiger charge is 2.29. The van der Waals surface area contributed by atoms with Crippen LogP contribution in [0.5, 0.6) is 5.88 Å². The Bertz CT molecular complexity index is 560. The zero-order chi connectivity index (χ0) is 18.8. The molecule has 1 saturated heterocycles. The molecule has 6 nitrogen and oxygen atoms in total. The highest BCUT2D eigenvalue weighted by molar-refractivity contribution is 5.80. The molecule has 1 aromatic heterocycles. The number of aromatic nitrogens is 1. The average molecular weight is 363 g/mol. The summed E-state index contributed by atoms with van der Waals surface area (Å²) in [6.45, 7) is 8.47. The Hall–Kier alpha value is -1.82. The van der Waals surface area contributed by atoms with Crippen molar-refractivity contribution in [2.45, 2.75) is 39.7 Å². The predicted molar refractivity (Wildman–Crippen MR) is 106 cm³/mol. The molecule has 6 heteroatoms. The normalized spacial score (nSPS) is 17.8. The van der Waals surface area contributed by atoms with Crippen molar-refractivity contribution < 1.29 is 9.47 Å². The minimum absolute atomic E-state index is 0.498. The van der Waals surface area contributed by atoms with Gasteiger partial charge >= 0.3 is 0 Å². The third kappa shape index (κ3) is 5.59. The number of rotatable bonds is 9. The van der Waals surface area contributed by atoms with Crippen molar-refractivity contribution in [1.82, 2.24) is 15.2 Å². The molecule has 1 atom stereocenters. The van der Waals surface area contributed by atoms with Crippen LogP contribution < -0.4 is 10.1 Å². The predicted octanol–water partition coefficient (Wildman–Crippen LogP) is 2.94. The molecule has 0 saturated carbocycles. The first-order chi connectivity index (χ1) is 12.7. The minimum atomic E-state index is 0.498. The molecule has 1 N–H and O–H groups in total. The van der Waals surface area contributed by atoms with E-state index < -0.39 is 0 Å². The Balaban J connectivity index is 1.92. The molecule has 0 spiro atoms. The van der Waals surface area contributed by atoms with Gasteiger partial charge in [-0.15, -0.1) is 0 Å². The maximum absolute atomic E-state index is 5.72. The van der Waals surface area contributed by atoms with E-state index in [1.54, 1.807) is 13.3 Å². The number of guanidine groups is 1. The molecule has 2 rings (SSSR count). The monoisotopic (exact) mass is 362 g/mol. The lowest BCUT2D eigenvalue weighted by atomic mass is 9.87. The van der Waals surface area contributed by atoms with Crippen molar-refractivity contribution in [2.75, 3.05) is 40.5 Å². The fourth-order valence-corrected chi connectivity index (χ4v) is 3.74. The third-order valence-electron chi connectivity index (χ3n) is 5.26. The van der Waals surface area contributed by atoms with Crippen LogP contribution in [-0.2, 0) is 11.3 Å². The van der Waals surface area contributed by atoms with Crippen molar-refractivity contribution in [2.24, 2.45) is 16.8 Å². The Morgan fingerprint density at radius 1 is 1.38 bits per heavy atom. The van der Waals surface area contributed by atoms with Crippen LogP contribution in [0, 0.1) is 11.8 Å². The van der Waals surface area contributed by atoms with Gasteiger partial charge in [-0.25, -0.2) is 4.98 Å². The maximum Gasteiger partial charge on any atom is 0.218 e. The number of hydrogen-bond acceptors (Lipinski definition) is 4. The van der Waals surface area contributed by atoms with Gasteiger partial charge in [-0.2, -0.15) is 0 Å². The molecule has 0 bridgehead atoms. The van der Waals surface area contributed by atoms with E-state index in [1.807, 2.05) is 19.2 Å². The highest BCUT2D eigenvalue weighted by atomic mass is 16.5. The molecule has 1 aliphatic rings. The van der Waals surface area contributed by atoms with Gasteiger partial charge in [0.15, 0.2) is 5.96 Å². The summed E-state index contributed by atoms with van der Waals surface area (Å²) in [5.41, 5.74) is 1.03. The van der Waals surface area contributed by atoms with Gasteiger partial charge < -0.3 is 19.7 Å². The van der Waals surface area contributed by atoms with Crippen LogP contribution in [0.2, 0.25) is 0 Å². The topological polar surface area (TPSA) is 59.0 Å². The molecule has 0 aliphatic carbocycles. The Kier molecular flexibility index (Phi) is 8.68. The Labute approximate surface area is 158 Å². The summed E-state index contributed by atoms with van der Waals surface area (Å²) in [7, 11) is 3.52. The van der Waals surface area contributed by atoms with E-state index in [0.717, 1.165) is 36.4 Å². The fraction of sp³-hybridized carbons (Fsp3) is 0.700. The molecule has 2 heterocycles. The van der Waals surface area contributed by atoms with Gasteiger partial charge in [-0.3, -0.25) is 4.99 Å².